The average Bonchev–Trinajstić information content (AvgIpc) is 2.66. The molecule has 4 nitrogen and oxygen atoms in total. The van der Waals surface area contributed by atoms with Gasteiger partial charge in [0.05, 0.1) is 17.8 Å². The zero-order valence-electron chi connectivity index (χ0n) is 11.6. The molecule has 1 N–H and O–H groups in total. The summed E-state index contributed by atoms with van der Waals surface area (Å²) in [5.74, 6) is 0. The highest BCUT2D eigenvalue weighted by Gasteiger charge is 2.52. The Labute approximate surface area is 114 Å². The molecule has 19 heavy (non-hydrogen) atoms. The van der Waals surface area contributed by atoms with Crippen molar-refractivity contribution in [3.8, 4) is 6.07 Å². The van der Waals surface area contributed by atoms with E-state index >= 15 is 0 Å². The molecule has 0 aliphatic carbocycles. The average molecular weight is 260 g/mol. The van der Waals surface area contributed by atoms with Crippen molar-refractivity contribution in [1.29, 1.82) is 5.26 Å². The van der Waals surface area contributed by atoms with E-state index in [1.54, 1.807) is 0 Å². The van der Waals surface area contributed by atoms with Crippen molar-refractivity contribution in [3.63, 3.8) is 0 Å². The maximum atomic E-state index is 10.2. The van der Waals surface area contributed by atoms with Crippen LogP contribution in [0.25, 0.3) is 0 Å². The third-order valence-electron chi connectivity index (χ3n) is 3.36. The molecule has 1 saturated heterocycles. The van der Waals surface area contributed by atoms with Crippen molar-refractivity contribution in [3.05, 3.63) is 35.9 Å². The second kappa shape index (κ2) is 4.93. The van der Waals surface area contributed by atoms with Crippen LogP contribution in [0.1, 0.15) is 32.8 Å². The van der Waals surface area contributed by atoms with Crippen LogP contribution < -0.4 is 0 Å². The molecule has 102 valence electrons. The van der Waals surface area contributed by atoms with Gasteiger partial charge in [0, 0.05) is 6.54 Å². The Bertz CT molecular complexity index is 475. The first-order valence-corrected chi connectivity index (χ1v) is 6.51. The van der Waals surface area contributed by atoms with Crippen LogP contribution in [0, 0.1) is 11.3 Å². The molecule has 1 aromatic carbocycles. The van der Waals surface area contributed by atoms with Gasteiger partial charge in [0.1, 0.15) is 0 Å². The molecule has 0 unspecified atom stereocenters. The van der Waals surface area contributed by atoms with Crippen molar-refractivity contribution < 1.29 is 9.94 Å². The molecule has 1 heterocycles. The van der Waals surface area contributed by atoms with E-state index in [1.165, 1.54) is 0 Å². The molecule has 1 fully saturated rings. The van der Waals surface area contributed by atoms with Gasteiger partial charge in [-0.15, -0.1) is 0 Å². The fourth-order valence-electron chi connectivity index (χ4n) is 2.58. The molecule has 0 amide bonds. The Balaban J connectivity index is 2.43. The molecule has 0 bridgehead atoms. The van der Waals surface area contributed by atoms with Gasteiger partial charge in [0.2, 0.25) is 0 Å². The van der Waals surface area contributed by atoms with Gasteiger partial charge in [-0.05, 0) is 32.8 Å². The minimum atomic E-state index is -1.12. The summed E-state index contributed by atoms with van der Waals surface area (Å²) in [7, 11) is 0. The Morgan fingerprint density at radius 2 is 2.00 bits per heavy atom. The Morgan fingerprint density at radius 3 is 2.53 bits per heavy atom. The molecular formula is C15H20N2O2. The van der Waals surface area contributed by atoms with Gasteiger partial charge in [-0.3, -0.25) is 0 Å². The highest BCUT2D eigenvalue weighted by Crippen LogP contribution is 2.40. The predicted molar refractivity (Wildman–Crippen MR) is 71.5 cm³/mol. The monoisotopic (exact) mass is 260 g/mol. The van der Waals surface area contributed by atoms with Gasteiger partial charge in [-0.1, -0.05) is 30.3 Å². The number of nitriles is 1. The minimum absolute atomic E-state index is 0.343. The standard InChI is InChI=1S/C15H20N2O2/c1-14(2,3)19-13-9-10-17(18)15(13,11-16)12-7-5-4-6-8-12/h4-8,13,18H,9-10H2,1-3H3/t13-,15-/m0/s1. The maximum Gasteiger partial charge on any atom is 0.183 e. The molecule has 0 aromatic heterocycles. The zero-order chi connectivity index (χ0) is 14.1. The summed E-state index contributed by atoms with van der Waals surface area (Å²) in [6.45, 7) is 6.31. The normalized spacial score (nSPS) is 28.3. The van der Waals surface area contributed by atoms with E-state index in [4.69, 9.17) is 4.74 Å². The number of hydrogen-bond donors (Lipinski definition) is 1. The number of hydroxylamine groups is 2. The van der Waals surface area contributed by atoms with Gasteiger partial charge >= 0.3 is 0 Å². The zero-order valence-corrected chi connectivity index (χ0v) is 11.6. The second-order valence-corrected chi connectivity index (χ2v) is 5.87. The number of hydrogen-bond acceptors (Lipinski definition) is 4. The molecule has 0 spiro atoms. The lowest BCUT2D eigenvalue weighted by Gasteiger charge is -2.36. The molecule has 0 saturated carbocycles. The van der Waals surface area contributed by atoms with Crippen molar-refractivity contribution in [1.82, 2.24) is 5.06 Å². The van der Waals surface area contributed by atoms with Gasteiger partial charge in [0.25, 0.3) is 0 Å². The third kappa shape index (κ3) is 2.50. The molecule has 4 heteroatoms. The number of ether oxygens (including phenoxy) is 1. The summed E-state index contributed by atoms with van der Waals surface area (Å²) in [5, 5.41) is 21.0. The Morgan fingerprint density at radius 1 is 1.37 bits per heavy atom. The van der Waals surface area contributed by atoms with Crippen LogP contribution in [0.5, 0.6) is 0 Å². The fourth-order valence-corrected chi connectivity index (χ4v) is 2.58. The van der Waals surface area contributed by atoms with Crippen molar-refractivity contribution in [2.75, 3.05) is 6.54 Å². The summed E-state index contributed by atoms with van der Waals surface area (Å²) < 4.78 is 6.01. The van der Waals surface area contributed by atoms with Crippen molar-refractivity contribution in [2.45, 2.75) is 44.4 Å². The first-order valence-electron chi connectivity index (χ1n) is 6.51. The van der Waals surface area contributed by atoms with Crippen LogP contribution in [-0.2, 0) is 10.3 Å². The van der Waals surface area contributed by atoms with Gasteiger partial charge < -0.3 is 9.94 Å². The summed E-state index contributed by atoms with van der Waals surface area (Å²) in [4.78, 5) is 0. The van der Waals surface area contributed by atoms with E-state index in [9.17, 15) is 10.5 Å². The molecule has 1 aliphatic heterocycles. The fraction of sp³-hybridized carbons (Fsp3) is 0.533. The first kappa shape index (κ1) is 14.0. The van der Waals surface area contributed by atoms with Gasteiger partial charge in [0.15, 0.2) is 5.54 Å². The minimum Gasteiger partial charge on any atom is -0.369 e. The lowest BCUT2D eigenvalue weighted by Crippen LogP contribution is -2.48. The lowest BCUT2D eigenvalue weighted by atomic mass is 9.86. The van der Waals surface area contributed by atoms with Crippen molar-refractivity contribution in [2.24, 2.45) is 0 Å². The van der Waals surface area contributed by atoms with E-state index in [2.05, 4.69) is 6.07 Å². The van der Waals surface area contributed by atoms with Crippen LogP contribution in [0.15, 0.2) is 30.3 Å². The maximum absolute atomic E-state index is 10.2. The van der Waals surface area contributed by atoms with Gasteiger partial charge in [-0.2, -0.15) is 10.3 Å². The Hall–Kier alpha value is -1.41. The van der Waals surface area contributed by atoms with E-state index < -0.39 is 5.54 Å². The number of nitrogens with zero attached hydrogens (tertiary/aromatic N) is 2. The summed E-state index contributed by atoms with van der Waals surface area (Å²) in [6.07, 6.45) is 0.292. The third-order valence-corrected chi connectivity index (χ3v) is 3.36. The largest absolute Gasteiger partial charge is 0.369 e. The van der Waals surface area contributed by atoms with E-state index in [0.29, 0.717) is 13.0 Å². The van der Waals surface area contributed by atoms with Crippen LogP contribution in [-0.4, -0.2) is 28.5 Å². The van der Waals surface area contributed by atoms with Crippen LogP contribution in [0.3, 0.4) is 0 Å². The summed E-state index contributed by atoms with van der Waals surface area (Å²) >= 11 is 0. The first-order chi connectivity index (χ1) is 8.90. The molecule has 1 aromatic rings. The molecule has 2 atom stereocenters. The summed E-state index contributed by atoms with van der Waals surface area (Å²) in [5.41, 5.74) is -0.701. The van der Waals surface area contributed by atoms with Crippen LogP contribution in [0.2, 0.25) is 0 Å². The predicted octanol–water partition coefficient (Wildman–Crippen LogP) is 2.68. The highest BCUT2D eigenvalue weighted by atomic mass is 16.5. The number of benzene rings is 1. The molecule has 1 aliphatic rings. The van der Waals surface area contributed by atoms with Gasteiger partial charge in [-0.25, -0.2) is 0 Å². The SMILES string of the molecule is CC(C)(C)O[C@H]1CCN(O)[C@@]1(C#N)c1ccccc1. The smallest absolute Gasteiger partial charge is 0.183 e. The van der Waals surface area contributed by atoms with Crippen LogP contribution >= 0.6 is 0 Å². The van der Waals surface area contributed by atoms with E-state index in [1.807, 2.05) is 51.1 Å². The van der Waals surface area contributed by atoms with Crippen molar-refractivity contribution >= 4 is 0 Å². The Kier molecular flexibility index (Phi) is 3.64. The summed E-state index contributed by atoms with van der Waals surface area (Å²) in [6, 6.07) is 11.6. The molecule has 2 rings (SSSR count). The molecular weight excluding hydrogens is 240 g/mol. The van der Waals surface area contributed by atoms with Crippen LogP contribution in [0.4, 0.5) is 0 Å². The highest BCUT2D eigenvalue weighted by molar-refractivity contribution is 5.34. The van der Waals surface area contributed by atoms with E-state index in [0.717, 1.165) is 10.6 Å². The second-order valence-electron chi connectivity index (χ2n) is 5.87. The molecule has 0 radical (unpaired) electrons. The van der Waals surface area contributed by atoms with E-state index in [-0.39, 0.29) is 11.7 Å². The quantitative estimate of drug-likeness (QED) is 0.888. The number of rotatable bonds is 2. The topological polar surface area (TPSA) is 56.5 Å². The lowest BCUT2D eigenvalue weighted by molar-refractivity contribution is -0.173.